The lowest BCUT2D eigenvalue weighted by atomic mass is 10.1. The lowest BCUT2D eigenvalue weighted by Gasteiger charge is -2.26. The summed E-state index contributed by atoms with van der Waals surface area (Å²) in [6.45, 7) is 1.64. The van der Waals surface area contributed by atoms with Crippen molar-refractivity contribution in [1.82, 2.24) is 4.90 Å². The van der Waals surface area contributed by atoms with Crippen LogP contribution >= 0.6 is 0 Å². The van der Waals surface area contributed by atoms with Gasteiger partial charge in [0.1, 0.15) is 15.9 Å². The van der Waals surface area contributed by atoms with Crippen molar-refractivity contribution in [3.05, 3.63) is 59.7 Å². The largest absolute Gasteiger partial charge is 0.326 e. The van der Waals surface area contributed by atoms with E-state index < -0.39 is 21.8 Å². The fraction of sp³-hybridized carbons (Fsp3) is 0.286. The third-order valence-electron chi connectivity index (χ3n) is 4.76. The Balaban J connectivity index is 1.79. The third kappa shape index (κ3) is 5.24. The van der Waals surface area contributed by atoms with Crippen LogP contribution in [0.3, 0.4) is 0 Å². The van der Waals surface area contributed by atoms with Crippen LogP contribution in [0.15, 0.2) is 48.5 Å². The van der Waals surface area contributed by atoms with Crippen molar-refractivity contribution in [1.29, 1.82) is 0 Å². The number of nitrogens with zero attached hydrogens (tertiary/aromatic N) is 1. The van der Waals surface area contributed by atoms with Crippen LogP contribution in [-0.2, 0) is 26.0 Å². The highest BCUT2D eigenvalue weighted by atomic mass is 32.2. The Morgan fingerprint density at radius 2 is 1.63 bits per heavy atom. The van der Waals surface area contributed by atoms with E-state index in [1.165, 1.54) is 11.8 Å². The summed E-state index contributed by atoms with van der Waals surface area (Å²) in [5, 5.41) is 5.38. The van der Waals surface area contributed by atoms with Gasteiger partial charge in [-0.3, -0.25) is 14.4 Å². The molecule has 3 amide bonds. The predicted octanol–water partition coefficient (Wildman–Crippen LogP) is 2.04. The quantitative estimate of drug-likeness (QED) is 0.699. The number of sulfone groups is 1. The van der Waals surface area contributed by atoms with E-state index in [1.54, 1.807) is 36.4 Å². The fourth-order valence-corrected chi connectivity index (χ4v) is 4.00. The molecule has 1 heterocycles. The zero-order valence-corrected chi connectivity index (χ0v) is 17.5. The standard InChI is InChI=1S/C21H23N3O5S/c1-14(25)22-16-7-9-17(10-8-16)23-20(26)19(11-12-30(2,28)29)24-13-15-5-3-4-6-18(15)21(24)27/h3-10,19H,11-13H2,1-2H3,(H,22,25)(H,23,26)/t19-/m0/s1. The summed E-state index contributed by atoms with van der Waals surface area (Å²) in [5.74, 6) is -1.18. The van der Waals surface area contributed by atoms with E-state index in [-0.39, 0.29) is 30.5 Å². The third-order valence-corrected chi connectivity index (χ3v) is 5.74. The van der Waals surface area contributed by atoms with Crippen molar-refractivity contribution in [2.75, 3.05) is 22.6 Å². The van der Waals surface area contributed by atoms with Gasteiger partial charge in [0.25, 0.3) is 5.91 Å². The summed E-state index contributed by atoms with van der Waals surface area (Å²) >= 11 is 0. The van der Waals surface area contributed by atoms with Gasteiger partial charge >= 0.3 is 0 Å². The molecule has 0 radical (unpaired) electrons. The molecule has 0 bridgehead atoms. The SMILES string of the molecule is CC(=O)Nc1ccc(NC(=O)[C@H](CCS(C)(=O)=O)N2Cc3ccccc3C2=O)cc1. The van der Waals surface area contributed by atoms with Crippen LogP contribution < -0.4 is 10.6 Å². The zero-order chi connectivity index (χ0) is 21.9. The Kier molecular flexibility index (Phi) is 6.21. The van der Waals surface area contributed by atoms with Crippen LogP contribution in [0, 0.1) is 0 Å². The summed E-state index contributed by atoms with van der Waals surface area (Å²) in [6, 6.07) is 12.7. The molecule has 158 valence electrons. The first-order valence-electron chi connectivity index (χ1n) is 9.39. The highest BCUT2D eigenvalue weighted by Crippen LogP contribution is 2.26. The summed E-state index contributed by atoms with van der Waals surface area (Å²) in [4.78, 5) is 38.4. The average molecular weight is 429 g/mol. The number of nitrogens with one attached hydrogen (secondary N) is 2. The summed E-state index contributed by atoms with van der Waals surface area (Å²) in [7, 11) is -3.32. The zero-order valence-electron chi connectivity index (χ0n) is 16.7. The molecule has 9 heteroatoms. The van der Waals surface area contributed by atoms with Gasteiger partial charge in [0, 0.05) is 36.7 Å². The van der Waals surface area contributed by atoms with Gasteiger partial charge in [-0.25, -0.2) is 8.42 Å². The van der Waals surface area contributed by atoms with Crippen LogP contribution in [0.2, 0.25) is 0 Å². The minimum absolute atomic E-state index is 0.00558. The summed E-state index contributed by atoms with van der Waals surface area (Å²) in [6.07, 6.45) is 1.09. The lowest BCUT2D eigenvalue weighted by molar-refractivity contribution is -0.120. The summed E-state index contributed by atoms with van der Waals surface area (Å²) < 4.78 is 23.4. The highest BCUT2D eigenvalue weighted by molar-refractivity contribution is 7.90. The van der Waals surface area contributed by atoms with E-state index in [9.17, 15) is 22.8 Å². The number of rotatable bonds is 7. The van der Waals surface area contributed by atoms with Crippen LogP contribution in [0.4, 0.5) is 11.4 Å². The molecule has 1 aliphatic rings. The molecular weight excluding hydrogens is 406 g/mol. The number of amides is 3. The average Bonchev–Trinajstić information content (AvgIpc) is 2.99. The molecule has 0 aliphatic carbocycles. The van der Waals surface area contributed by atoms with E-state index in [0.717, 1.165) is 11.8 Å². The molecule has 0 aromatic heterocycles. The van der Waals surface area contributed by atoms with E-state index >= 15 is 0 Å². The van der Waals surface area contributed by atoms with Crippen molar-refractivity contribution >= 4 is 38.9 Å². The molecule has 1 aliphatic heterocycles. The Morgan fingerprint density at radius 3 is 2.20 bits per heavy atom. The second-order valence-electron chi connectivity index (χ2n) is 7.27. The first kappa shape index (κ1) is 21.5. The molecule has 0 fully saturated rings. The molecule has 8 nitrogen and oxygen atoms in total. The Hall–Kier alpha value is -3.20. The van der Waals surface area contributed by atoms with Gasteiger partial charge in [-0.1, -0.05) is 18.2 Å². The predicted molar refractivity (Wildman–Crippen MR) is 114 cm³/mol. The maximum absolute atomic E-state index is 13.0. The van der Waals surface area contributed by atoms with Crippen molar-refractivity contribution in [3.8, 4) is 0 Å². The second-order valence-corrected chi connectivity index (χ2v) is 9.53. The maximum atomic E-state index is 13.0. The van der Waals surface area contributed by atoms with E-state index in [0.29, 0.717) is 16.9 Å². The smallest absolute Gasteiger partial charge is 0.255 e. The van der Waals surface area contributed by atoms with Crippen LogP contribution in [-0.4, -0.2) is 49.1 Å². The topological polar surface area (TPSA) is 113 Å². The number of carbonyl (C=O) groups excluding carboxylic acids is 3. The van der Waals surface area contributed by atoms with Crippen molar-refractivity contribution in [2.45, 2.75) is 25.9 Å². The van der Waals surface area contributed by atoms with E-state index in [2.05, 4.69) is 10.6 Å². The molecule has 2 aromatic carbocycles. The van der Waals surface area contributed by atoms with Crippen molar-refractivity contribution in [3.63, 3.8) is 0 Å². The number of carbonyl (C=O) groups is 3. The number of fused-ring (bicyclic) bond motifs is 1. The summed E-state index contributed by atoms with van der Waals surface area (Å²) in [5.41, 5.74) is 2.38. The first-order valence-corrected chi connectivity index (χ1v) is 11.5. The minimum Gasteiger partial charge on any atom is -0.326 e. The maximum Gasteiger partial charge on any atom is 0.255 e. The number of hydrogen-bond acceptors (Lipinski definition) is 5. The molecule has 30 heavy (non-hydrogen) atoms. The van der Waals surface area contributed by atoms with Crippen LogP contribution in [0.25, 0.3) is 0 Å². The normalized spacial score (nSPS) is 14.2. The molecule has 1 atom stereocenters. The molecule has 2 aromatic rings. The number of benzene rings is 2. The van der Waals surface area contributed by atoms with Gasteiger partial charge in [-0.15, -0.1) is 0 Å². The fourth-order valence-electron chi connectivity index (χ4n) is 3.35. The monoisotopic (exact) mass is 429 g/mol. The van der Waals surface area contributed by atoms with Crippen LogP contribution in [0.5, 0.6) is 0 Å². The van der Waals surface area contributed by atoms with Gasteiger partial charge in [-0.2, -0.15) is 0 Å². The van der Waals surface area contributed by atoms with Gasteiger partial charge < -0.3 is 15.5 Å². The van der Waals surface area contributed by atoms with Gasteiger partial charge in [0.2, 0.25) is 11.8 Å². The number of anilines is 2. The van der Waals surface area contributed by atoms with Crippen molar-refractivity contribution in [2.24, 2.45) is 0 Å². The first-order chi connectivity index (χ1) is 14.1. The van der Waals surface area contributed by atoms with Gasteiger partial charge in [0.05, 0.1) is 5.75 Å². The minimum atomic E-state index is -3.32. The van der Waals surface area contributed by atoms with Crippen molar-refractivity contribution < 1.29 is 22.8 Å². The lowest BCUT2D eigenvalue weighted by Crippen LogP contribution is -2.45. The molecule has 2 N–H and O–H groups in total. The molecular formula is C21H23N3O5S. The van der Waals surface area contributed by atoms with E-state index in [1.807, 2.05) is 12.1 Å². The Morgan fingerprint density at radius 1 is 1.03 bits per heavy atom. The molecule has 0 spiro atoms. The van der Waals surface area contributed by atoms with Gasteiger partial charge in [-0.05, 0) is 42.3 Å². The van der Waals surface area contributed by atoms with Gasteiger partial charge in [0.15, 0.2) is 0 Å². The Bertz CT molecular complexity index is 1080. The van der Waals surface area contributed by atoms with Crippen LogP contribution in [0.1, 0.15) is 29.3 Å². The molecule has 0 saturated heterocycles. The van der Waals surface area contributed by atoms with E-state index in [4.69, 9.17) is 0 Å². The second kappa shape index (κ2) is 8.66. The number of hydrogen-bond donors (Lipinski definition) is 2. The Labute approximate surface area is 175 Å². The highest BCUT2D eigenvalue weighted by Gasteiger charge is 2.36. The molecule has 3 rings (SSSR count). The molecule has 0 saturated carbocycles. The molecule has 0 unspecified atom stereocenters.